The van der Waals surface area contributed by atoms with Crippen molar-refractivity contribution < 1.29 is 8.42 Å². The molecule has 0 heterocycles. The van der Waals surface area contributed by atoms with E-state index in [0.717, 1.165) is 22.3 Å². The Hall–Kier alpha value is -3.13. The molecule has 3 aromatic carbocycles. The van der Waals surface area contributed by atoms with Crippen LogP contribution in [0, 0.1) is 19.3 Å². The van der Waals surface area contributed by atoms with E-state index >= 15 is 0 Å². The van der Waals surface area contributed by atoms with Crippen molar-refractivity contribution >= 4 is 15.6 Å². The van der Waals surface area contributed by atoms with Crippen LogP contribution in [0.25, 0.3) is 5.57 Å². The Kier molecular flexibility index (Phi) is 9.08. The second-order valence-corrected chi connectivity index (χ2v) is 13.9. The van der Waals surface area contributed by atoms with Crippen LogP contribution < -0.4 is 0 Å². The van der Waals surface area contributed by atoms with E-state index in [1.807, 2.05) is 6.92 Å². The normalized spacial score (nSPS) is 12.3. The summed E-state index contributed by atoms with van der Waals surface area (Å²) in [7, 11) is -3.69. The van der Waals surface area contributed by atoms with Gasteiger partial charge >= 0.3 is 0 Å². The van der Waals surface area contributed by atoms with Crippen molar-refractivity contribution in [1.29, 1.82) is 0 Å². The highest BCUT2D eigenvalue weighted by Gasteiger charge is 2.23. The van der Waals surface area contributed by atoms with Crippen molar-refractivity contribution in [2.24, 2.45) is 0 Å². The molecule has 3 nitrogen and oxygen atoms in total. The second-order valence-electron chi connectivity index (χ2n) is 11.9. The fourth-order valence-electron chi connectivity index (χ4n) is 4.30. The number of hydrogen-bond donors (Lipinski definition) is 0. The van der Waals surface area contributed by atoms with Crippen LogP contribution in [0.5, 0.6) is 0 Å². The zero-order chi connectivity index (χ0) is 28.1. The Morgan fingerprint density at radius 3 is 1.63 bits per heavy atom. The van der Waals surface area contributed by atoms with Gasteiger partial charge in [0.15, 0.2) is 0 Å². The predicted octanol–water partition coefficient (Wildman–Crippen LogP) is 7.74. The maximum atomic E-state index is 13.3. The summed E-state index contributed by atoms with van der Waals surface area (Å²) in [4.78, 5) is 0.262. The van der Waals surface area contributed by atoms with Crippen LogP contribution in [-0.4, -0.2) is 25.8 Å². The molecule has 38 heavy (non-hydrogen) atoms. The minimum atomic E-state index is -3.69. The molecule has 3 rings (SSSR count). The average Bonchev–Trinajstić information content (AvgIpc) is 2.85. The first-order valence-electron chi connectivity index (χ1n) is 13.2. The lowest BCUT2D eigenvalue weighted by atomic mass is 9.84. The van der Waals surface area contributed by atoms with Gasteiger partial charge in [0.1, 0.15) is 0 Å². The quantitative estimate of drug-likeness (QED) is 0.281. The van der Waals surface area contributed by atoms with E-state index in [1.165, 1.54) is 15.4 Å². The molecule has 0 aliphatic carbocycles. The van der Waals surface area contributed by atoms with Gasteiger partial charge in [0, 0.05) is 6.54 Å². The number of benzene rings is 3. The third kappa shape index (κ3) is 7.25. The Morgan fingerprint density at radius 1 is 0.789 bits per heavy atom. The van der Waals surface area contributed by atoms with Gasteiger partial charge in [-0.25, -0.2) is 8.42 Å². The highest BCUT2D eigenvalue weighted by atomic mass is 32.2. The zero-order valence-corrected chi connectivity index (χ0v) is 24.7. The van der Waals surface area contributed by atoms with Crippen LogP contribution in [0.3, 0.4) is 0 Å². The topological polar surface area (TPSA) is 37.4 Å². The molecule has 0 saturated heterocycles. The lowest BCUT2D eigenvalue weighted by Gasteiger charge is -2.21. The van der Waals surface area contributed by atoms with E-state index in [1.54, 1.807) is 24.3 Å². The molecule has 0 unspecified atom stereocenters. The number of hydrogen-bond acceptors (Lipinski definition) is 2. The van der Waals surface area contributed by atoms with Crippen molar-refractivity contribution in [2.75, 3.05) is 13.1 Å². The maximum absolute atomic E-state index is 13.3. The molecule has 0 fully saturated rings. The highest BCUT2D eigenvalue weighted by Crippen LogP contribution is 2.30. The summed E-state index contributed by atoms with van der Waals surface area (Å²) in [6.45, 7) is 15.5. The monoisotopic (exact) mass is 527 g/mol. The molecule has 0 saturated carbocycles. The third-order valence-electron chi connectivity index (χ3n) is 6.78. The largest absolute Gasteiger partial charge is 0.243 e. The molecule has 0 aliphatic rings. The van der Waals surface area contributed by atoms with Crippen molar-refractivity contribution in [2.45, 2.75) is 70.6 Å². The third-order valence-corrected chi connectivity index (χ3v) is 8.64. The lowest BCUT2D eigenvalue weighted by Crippen LogP contribution is -2.32. The van der Waals surface area contributed by atoms with E-state index in [4.69, 9.17) is 6.42 Å². The Bertz CT molecular complexity index is 1330. The summed E-state index contributed by atoms with van der Waals surface area (Å²) in [5, 5.41) is 0. The number of aryl methyl sites for hydroxylation is 1. The molecule has 3 aromatic rings. The number of rotatable bonds is 8. The summed E-state index contributed by atoms with van der Waals surface area (Å²) >= 11 is 0. The molecule has 0 amide bonds. The average molecular weight is 528 g/mol. The summed E-state index contributed by atoms with van der Waals surface area (Å²) < 4.78 is 28.0. The van der Waals surface area contributed by atoms with Gasteiger partial charge in [0.2, 0.25) is 10.0 Å². The van der Waals surface area contributed by atoms with Crippen LogP contribution in [-0.2, 0) is 20.9 Å². The van der Waals surface area contributed by atoms with Gasteiger partial charge in [-0.2, -0.15) is 4.31 Å². The molecule has 0 spiro atoms. The molecule has 0 N–H and O–H groups in total. The SMILES string of the molecule is C#CCN(CCC=C(c1ccc(C(C)(C)C)cc1)c1ccc(C(C)(C)C)cc1)S(=O)(=O)c1ccc(C)cc1. The van der Waals surface area contributed by atoms with Crippen LogP contribution in [0.4, 0.5) is 0 Å². The second kappa shape index (κ2) is 11.7. The predicted molar refractivity (Wildman–Crippen MR) is 161 cm³/mol. The summed E-state index contributed by atoms with van der Waals surface area (Å²) in [5.41, 5.74) is 6.97. The van der Waals surface area contributed by atoms with Crippen molar-refractivity contribution in [3.05, 3.63) is 107 Å². The first-order chi connectivity index (χ1) is 17.7. The van der Waals surface area contributed by atoms with Crippen LogP contribution >= 0.6 is 0 Å². The van der Waals surface area contributed by atoms with Gasteiger partial charge in [-0.15, -0.1) is 6.42 Å². The maximum Gasteiger partial charge on any atom is 0.243 e. The van der Waals surface area contributed by atoms with Gasteiger partial charge in [-0.3, -0.25) is 0 Å². The lowest BCUT2D eigenvalue weighted by molar-refractivity contribution is 0.452. The molecule has 0 aromatic heterocycles. The fourth-order valence-corrected chi connectivity index (χ4v) is 5.67. The summed E-state index contributed by atoms with van der Waals surface area (Å²) in [6, 6.07) is 24.3. The molecular formula is C34H41NO2S. The van der Waals surface area contributed by atoms with E-state index in [0.29, 0.717) is 13.0 Å². The molecule has 0 atom stereocenters. The zero-order valence-electron chi connectivity index (χ0n) is 23.9. The van der Waals surface area contributed by atoms with Gasteiger partial charge in [-0.05, 0) is 64.1 Å². The molecule has 200 valence electrons. The van der Waals surface area contributed by atoms with Crippen molar-refractivity contribution in [3.63, 3.8) is 0 Å². The molecule has 0 radical (unpaired) electrons. The van der Waals surface area contributed by atoms with Gasteiger partial charge in [0.25, 0.3) is 0 Å². The number of terminal acetylenes is 1. The number of nitrogens with zero attached hydrogens (tertiary/aromatic N) is 1. The van der Waals surface area contributed by atoms with E-state index in [2.05, 4.69) is 102 Å². The fraction of sp³-hybridized carbons (Fsp3) is 0.353. The minimum Gasteiger partial charge on any atom is -0.207 e. The van der Waals surface area contributed by atoms with Gasteiger partial charge in [-0.1, -0.05) is 120 Å². The standard InChI is InChI=1S/C34H41NO2S/c1-9-24-35(38(36,37)31-22-12-26(2)13-23-31)25-10-11-32(27-14-18-29(19-15-27)33(3,4)5)28-16-20-30(21-17-28)34(6,7)8/h1,11-23H,10,24-25H2,2-8H3. The van der Waals surface area contributed by atoms with E-state index in [-0.39, 0.29) is 22.3 Å². The molecule has 0 bridgehead atoms. The van der Waals surface area contributed by atoms with Crippen LogP contribution in [0.15, 0.2) is 83.8 Å². The molecule has 4 heteroatoms. The van der Waals surface area contributed by atoms with E-state index < -0.39 is 10.0 Å². The summed E-state index contributed by atoms with van der Waals surface area (Å²) in [5.74, 6) is 2.52. The van der Waals surface area contributed by atoms with Gasteiger partial charge < -0.3 is 0 Å². The Balaban J connectivity index is 1.96. The minimum absolute atomic E-state index is 0.0277. The smallest absolute Gasteiger partial charge is 0.207 e. The van der Waals surface area contributed by atoms with E-state index in [9.17, 15) is 8.42 Å². The Morgan fingerprint density at radius 2 is 1.24 bits per heavy atom. The number of sulfonamides is 1. The highest BCUT2D eigenvalue weighted by molar-refractivity contribution is 7.89. The van der Waals surface area contributed by atoms with Gasteiger partial charge in [0.05, 0.1) is 11.4 Å². The Labute approximate surface area is 230 Å². The van der Waals surface area contributed by atoms with Crippen LogP contribution in [0.2, 0.25) is 0 Å². The van der Waals surface area contributed by atoms with Crippen molar-refractivity contribution in [3.8, 4) is 12.3 Å². The molecular weight excluding hydrogens is 486 g/mol. The van der Waals surface area contributed by atoms with Crippen LogP contribution in [0.1, 0.15) is 75.8 Å². The van der Waals surface area contributed by atoms with Crippen molar-refractivity contribution in [1.82, 2.24) is 4.31 Å². The first-order valence-corrected chi connectivity index (χ1v) is 14.6. The first kappa shape index (κ1) is 29.4. The summed E-state index contributed by atoms with van der Waals surface area (Å²) in [6.07, 6.45) is 8.23. The molecule has 0 aliphatic heterocycles.